The van der Waals surface area contributed by atoms with Crippen LogP contribution >= 0.6 is 0 Å². The lowest BCUT2D eigenvalue weighted by Gasteiger charge is -2.43. The van der Waals surface area contributed by atoms with Crippen LogP contribution in [-0.2, 0) is 19.5 Å². The summed E-state index contributed by atoms with van der Waals surface area (Å²) in [5, 5.41) is 0. The van der Waals surface area contributed by atoms with E-state index in [-0.39, 0.29) is 44.0 Å². The molecule has 1 amide bonds. The van der Waals surface area contributed by atoms with Crippen molar-refractivity contribution in [1.82, 2.24) is 9.21 Å². The SMILES string of the molecule is CC(C)(C)OC(=O)N1CCC2(CC1)OCCN2S(=O)(=O)C1=CCC(C(F)(F)F)C=C1. The summed E-state index contributed by atoms with van der Waals surface area (Å²) in [5.74, 6) is -1.68. The van der Waals surface area contributed by atoms with E-state index in [1.54, 1.807) is 20.8 Å². The topological polar surface area (TPSA) is 76.2 Å². The van der Waals surface area contributed by atoms with E-state index in [0.29, 0.717) is 0 Å². The monoisotopic (exact) mass is 452 g/mol. The van der Waals surface area contributed by atoms with Crippen molar-refractivity contribution in [3.05, 3.63) is 23.1 Å². The van der Waals surface area contributed by atoms with Crippen LogP contribution in [-0.4, -0.2) is 67.5 Å². The number of carbonyl (C=O) groups is 1. The van der Waals surface area contributed by atoms with Crippen molar-refractivity contribution in [3.8, 4) is 0 Å². The van der Waals surface area contributed by atoms with Gasteiger partial charge in [-0.25, -0.2) is 13.2 Å². The van der Waals surface area contributed by atoms with Crippen LogP contribution in [0.1, 0.15) is 40.0 Å². The third kappa shape index (κ3) is 4.67. The maximum absolute atomic E-state index is 13.2. The molecule has 30 heavy (non-hydrogen) atoms. The molecule has 0 aromatic carbocycles. The summed E-state index contributed by atoms with van der Waals surface area (Å²) in [6.45, 7) is 6.10. The van der Waals surface area contributed by atoms with Gasteiger partial charge in [0.05, 0.1) is 17.4 Å². The molecule has 2 saturated heterocycles. The molecule has 2 aliphatic heterocycles. The van der Waals surface area contributed by atoms with Crippen LogP contribution in [0.5, 0.6) is 0 Å². The predicted octanol–water partition coefficient (Wildman–Crippen LogP) is 3.40. The Kier molecular flexibility index (Phi) is 6.02. The van der Waals surface area contributed by atoms with Crippen LogP contribution in [0, 0.1) is 5.92 Å². The summed E-state index contributed by atoms with van der Waals surface area (Å²) < 4.78 is 77.3. The fraction of sp³-hybridized carbons (Fsp3) is 0.737. The number of hydrogen-bond acceptors (Lipinski definition) is 5. The maximum Gasteiger partial charge on any atom is 0.410 e. The summed E-state index contributed by atoms with van der Waals surface area (Å²) in [4.78, 5) is 13.6. The second-order valence-electron chi connectivity index (χ2n) is 8.69. The zero-order valence-electron chi connectivity index (χ0n) is 17.2. The molecule has 0 saturated carbocycles. The summed E-state index contributed by atoms with van der Waals surface area (Å²) in [5.41, 5.74) is -1.74. The summed E-state index contributed by atoms with van der Waals surface area (Å²) in [6.07, 6.45) is -1.74. The van der Waals surface area contributed by atoms with Crippen LogP contribution in [0.4, 0.5) is 18.0 Å². The summed E-state index contributed by atoms with van der Waals surface area (Å²) in [7, 11) is -4.02. The van der Waals surface area contributed by atoms with E-state index >= 15 is 0 Å². The minimum atomic E-state index is -4.41. The molecule has 0 aromatic heterocycles. The van der Waals surface area contributed by atoms with Crippen LogP contribution in [0.3, 0.4) is 0 Å². The largest absolute Gasteiger partial charge is 0.444 e. The Hall–Kier alpha value is -1.59. The van der Waals surface area contributed by atoms with Crippen molar-refractivity contribution in [2.24, 2.45) is 5.92 Å². The Bertz CT molecular complexity index is 837. The number of amides is 1. The van der Waals surface area contributed by atoms with E-state index in [0.717, 1.165) is 18.2 Å². The number of hydrogen-bond donors (Lipinski definition) is 0. The number of carbonyl (C=O) groups excluding carboxylic acids is 1. The number of allylic oxidation sites excluding steroid dienone is 3. The molecule has 0 bridgehead atoms. The first-order valence-corrected chi connectivity index (χ1v) is 11.3. The van der Waals surface area contributed by atoms with Crippen molar-refractivity contribution in [2.45, 2.75) is 57.5 Å². The van der Waals surface area contributed by atoms with Crippen LogP contribution in [0.15, 0.2) is 23.1 Å². The molecule has 0 radical (unpaired) electrons. The van der Waals surface area contributed by atoms with Crippen molar-refractivity contribution in [2.75, 3.05) is 26.2 Å². The Morgan fingerprint density at radius 1 is 1.20 bits per heavy atom. The molecule has 170 valence electrons. The maximum atomic E-state index is 13.2. The second kappa shape index (κ2) is 7.83. The number of piperidine rings is 1. The van der Waals surface area contributed by atoms with Crippen molar-refractivity contribution in [1.29, 1.82) is 0 Å². The highest BCUT2D eigenvalue weighted by molar-refractivity contribution is 7.93. The van der Waals surface area contributed by atoms with E-state index in [1.807, 2.05) is 0 Å². The van der Waals surface area contributed by atoms with Crippen LogP contribution < -0.4 is 0 Å². The number of alkyl halides is 3. The molecule has 2 fully saturated rings. The van der Waals surface area contributed by atoms with Gasteiger partial charge < -0.3 is 14.4 Å². The molecular formula is C19H27F3N2O5S. The van der Waals surface area contributed by atoms with Gasteiger partial charge in [-0.05, 0) is 33.3 Å². The average molecular weight is 452 g/mol. The lowest BCUT2D eigenvalue weighted by atomic mass is 10.0. The average Bonchev–Trinajstić information content (AvgIpc) is 3.04. The molecule has 2 heterocycles. The van der Waals surface area contributed by atoms with E-state index in [9.17, 15) is 26.4 Å². The first-order chi connectivity index (χ1) is 13.7. The smallest absolute Gasteiger partial charge is 0.410 e. The summed E-state index contributed by atoms with van der Waals surface area (Å²) >= 11 is 0. The molecular weight excluding hydrogens is 425 g/mol. The van der Waals surface area contributed by atoms with Gasteiger partial charge in [0.15, 0.2) is 0 Å². The fourth-order valence-electron chi connectivity index (χ4n) is 3.85. The molecule has 3 rings (SSSR count). The molecule has 0 N–H and O–H groups in total. The normalized spacial score (nSPS) is 25.5. The zero-order chi connectivity index (χ0) is 22.4. The second-order valence-corrected chi connectivity index (χ2v) is 10.6. The highest BCUT2D eigenvalue weighted by atomic mass is 32.2. The van der Waals surface area contributed by atoms with Gasteiger partial charge in [0.2, 0.25) is 10.0 Å². The van der Waals surface area contributed by atoms with Gasteiger partial charge >= 0.3 is 12.3 Å². The lowest BCUT2D eigenvalue weighted by molar-refractivity contribution is -0.160. The van der Waals surface area contributed by atoms with Gasteiger partial charge in [-0.15, -0.1) is 0 Å². The predicted molar refractivity (Wildman–Crippen MR) is 103 cm³/mol. The van der Waals surface area contributed by atoms with Gasteiger partial charge in [-0.1, -0.05) is 12.2 Å². The molecule has 1 atom stereocenters. The van der Waals surface area contributed by atoms with E-state index in [1.165, 1.54) is 9.21 Å². The Labute approximate surface area is 174 Å². The Morgan fingerprint density at radius 2 is 1.83 bits per heavy atom. The molecule has 0 aromatic rings. The van der Waals surface area contributed by atoms with Gasteiger partial charge in [-0.2, -0.15) is 17.5 Å². The highest BCUT2D eigenvalue weighted by Gasteiger charge is 2.52. The van der Waals surface area contributed by atoms with Crippen LogP contribution in [0.25, 0.3) is 0 Å². The molecule has 1 aliphatic carbocycles. The van der Waals surface area contributed by atoms with E-state index < -0.39 is 46.0 Å². The number of sulfonamides is 1. The summed E-state index contributed by atoms with van der Waals surface area (Å²) in [6, 6.07) is 0. The standard InChI is InChI=1S/C19H27F3N2O5S/c1-17(2,3)29-16(25)23-10-8-18(9-11-23)24(12-13-28-18)30(26,27)15-6-4-14(5-7-15)19(20,21)22/h4,6-7,14H,5,8-13H2,1-3H3. The minimum Gasteiger partial charge on any atom is -0.444 e. The Morgan fingerprint density at radius 3 is 2.33 bits per heavy atom. The first kappa shape index (κ1) is 23.1. The molecule has 11 heteroatoms. The number of nitrogens with zero attached hydrogens (tertiary/aromatic N) is 2. The number of ether oxygens (including phenoxy) is 2. The van der Waals surface area contributed by atoms with Crippen molar-refractivity contribution >= 4 is 16.1 Å². The number of likely N-dealkylation sites (tertiary alicyclic amines) is 1. The zero-order valence-corrected chi connectivity index (χ0v) is 18.1. The minimum absolute atomic E-state index is 0.114. The van der Waals surface area contributed by atoms with Gasteiger partial charge in [0.1, 0.15) is 11.3 Å². The van der Waals surface area contributed by atoms with Gasteiger partial charge in [0, 0.05) is 32.5 Å². The molecule has 1 unspecified atom stereocenters. The van der Waals surface area contributed by atoms with E-state index in [4.69, 9.17) is 9.47 Å². The number of halogens is 3. The highest BCUT2D eigenvalue weighted by Crippen LogP contribution is 2.40. The molecule has 1 spiro atoms. The van der Waals surface area contributed by atoms with Gasteiger partial charge in [0.25, 0.3) is 0 Å². The third-order valence-corrected chi connectivity index (χ3v) is 7.38. The van der Waals surface area contributed by atoms with Crippen LogP contribution in [0.2, 0.25) is 0 Å². The van der Waals surface area contributed by atoms with Gasteiger partial charge in [-0.3, -0.25) is 0 Å². The van der Waals surface area contributed by atoms with Crippen molar-refractivity contribution < 1.29 is 35.9 Å². The quantitative estimate of drug-likeness (QED) is 0.642. The molecule has 3 aliphatic rings. The fourth-order valence-corrected chi connectivity index (χ4v) is 5.65. The van der Waals surface area contributed by atoms with E-state index in [2.05, 4.69) is 0 Å². The number of rotatable bonds is 2. The van der Waals surface area contributed by atoms with Crippen molar-refractivity contribution in [3.63, 3.8) is 0 Å². The molecule has 7 nitrogen and oxygen atoms in total. The first-order valence-electron chi connectivity index (χ1n) is 9.84. The third-order valence-electron chi connectivity index (χ3n) is 5.39. The Balaban J connectivity index is 1.71. The lowest BCUT2D eigenvalue weighted by Crippen LogP contribution is -2.56.